The lowest BCUT2D eigenvalue weighted by Crippen LogP contribution is -2.36. The van der Waals surface area contributed by atoms with Crippen molar-refractivity contribution in [3.63, 3.8) is 0 Å². The van der Waals surface area contributed by atoms with Crippen LogP contribution >= 0.6 is 11.8 Å². The first-order valence-corrected chi connectivity index (χ1v) is 10.8. The van der Waals surface area contributed by atoms with Crippen LogP contribution in [0.1, 0.15) is 31.4 Å². The first-order chi connectivity index (χ1) is 14.3. The molecule has 0 unspecified atom stereocenters. The van der Waals surface area contributed by atoms with Gasteiger partial charge in [-0.15, -0.1) is 0 Å². The third kappa shape index (κ3) is 5.08. The maximum atomic E-state index is 13.8. The molecule has 0 saturated carbocycles. The molecule has 0 radical (unpaired) electrons. The maximum absolute atomic E-state index is 13.8. The average molecular weight is 428 g/mol. The van der Waals surface area contributed by atoms with E-state index >= 15 is 0 Å². The van der Waals surface area contributed by atoms with Crippen molar-refractivity contribution < 1.29 is 14.0 Å². The molecule has 0 bridgehead atoms. The van der Waals surface area contributed by atoms with Crippen molar-refractivity contribution in [2.75, 3.05) is 11.9 Å². The molecule has 1 N–H and O–H groups in total. The highest BCUT2D eigenvalue weighted by atomic mass is 32.2. The molecule has 1 fully saturated rings. The molecule has 0 aliphatic carbocycles. The minimum atomic E-state index is -0.585. The lowest BCUT2D eigenvalue weighted by Gasteiger charge is -2.19. The van der Waals surface area contributed by atoms with Gasteiger partial charge in [0.25, 0.3) is 0 Å². The molecule has 5 nitrogen and oxygen atoms in total. The smallest absolute Gasteiger partial charge is 0.242 e. The number of thioether (sulfide) groups is 1. The van der Waals surface area contributed by atoms with E-state index in [1.54, 1.807) is 17.0 Å². The molecule has 158 valence electrons. The first-order valence-electron chi connectivity index (χ1n) is 9.93. The number of nitrogens with one attached hydrogen (secondary N) is 1. The van der Waals surface area contributed by atoms with E-state index in [2.05, 4.69) is 5.32 Å². The zero-order valence-corrected chi connectivity index (χ0v) is 18.4. The van der Waals surface area contributed by atoms with Gasteiger partial charge in [0.2, 0.25) is 11.8 Å². The van der Waals surface area contributed by atoms with Crippen molar-refractivity contribution in [1.82, 2.24) is 4.90 Å². The Bertz CT molecular complexity index is 970. The molecule has 3 rings (SSSR count). The number of para-hydroxylation sites is 2. The van der Waals surface area contributed by atoms with Crippen molar-refractivity contribution in [3.05, 3.63) is 59.4 Å². The van der Waals surface area contributed by atoms with Crippen LogP contribution < -0.4 is 5.32 Å². The van der Waals surface area contributed by atoms with Gasteiger partial charge in [0, 0.05) is 13.0 Å². The molecular weight excluding hydrogens is 401 g/mol. The van der Waals surface area contributed by atoms with Crippen molar-refractivity contribution in [2.24, 2.45) is 10.9 Å². The Kier molecular flexibility index (Phi) is 6.92. The second-order valence-corrected chi connectivity index (χ2v) is 8.99. The summed E-state index contributed by atoms with van der Waals surface area (Å²) in [6.45, 7) is 8.57. The lowest BCUT2D eigenvalue weighted by molar-refractivity contribution is -0.128. The van der Waals surface area contributed by atoms with E-state index in [0.717, 1.165) is 16.8 Å². The van der Waals surface area contributed by atoms with Crippen LogP contribution in [-0.4, -0.2) is 33.7 Å². The number of carbonyl (C=O) groups excluding carboxylic acids is 2. The van der Waals surface area contributed by atoms with Crippen molar-refractivity contribution in [1.29, 1.82) is 0 Å². The fraction of sp³-hybridized carbons (Fsp3) is 0.348. The number of amidine groups is 1. The highest BCUT2D eigenvalue weighted by Gasteiger charge is 2.39. The topological polar surface area (TPSA) is 61.8 Å². The van der Waals surface area contributed by atoms with Crippen LogP contribution in [0.2, 0.25) is 0 Å². The van der Waals surface area contributed by atoms with E-state index in [4.69, 9.17) is 4.99 Å². The highest BCUT2D eigenvalue weighted by Crippen LogP contribution is 2.34. The van der Waals surface area contributed by atoms with Crippen LogP contribution in [0, 0.1) is 25.6 Å². The average Bonchev–Trinajstić information content (AvgIpc) is 2.95. The van der Waals surface area contributed by atoms with Crippen molar-refractivity contribution >= 4 is 40.1 Å². The van der Waals surface area contributed by atoms with Crippen LogP contribution in [0.25, 0.3) is 0 Å². The second kappa shape index (κ2) is 9.43. The summed E-state index contributed by atoms with van der Waals surface area (Å²) >= 11 is 1.30. The van der Waals surface area contributed by atoms with Crippen LogP contribution in [0.5, 0.6) is 0 Å². The first kappa shape index (κ1) is 22.0. The Morgan fingerprint density at radius 1 is 1.17 bits per heavy atom. The number of anilines is 1. The van der Waals surface area contributed by atoms with Gasteiger partial charge in [-0.25, -0.2) is 9.38 Å². The quantitative estimate of drug-likeness (QED) is 0.701. The molecule has 1 heterocycles. The van der Waals surface area contributed by atoms with Crippen LogP contribution in [0.15, 0.2) is 47.5 Å². The van der Waals surface area contributed by atoms with E-state index in [1.165, 1.54) is 23.9 Å². The number of hydrogen-bond donors (Lipinski definition) is 1. The fourth-order valence-electron chi connectivity index (χ4n) is 3.27. The molecule has 7 heteroatoms. The minimum absolute atomic E-state index is 0.0434. The van der Waals surface area contributed by atoms with E-state index in [-0.39, 0.29) is 23.9 Å². The largest absolute Gasteiger partial charge is 0.324 e. The summed E-state index contributed by atoms with van der Waals surface area (Å²) in [6, 6.07) is 11.9. The molecular formula is C23H26FN3O2S. The SMILES string of the molecule is Cc1cccc(C)c1N=C1S[C@@H](CC(=O)Nc2ccccc2F)C(=O)N1CC(C)C. The number of rotatable bonds is 6. The third-order valence-corrected chi connectivity index (χ3v) is 5.91. The lowest BCUT2D eigenvalue weighted by atomic mass is 10.1. The number of aliphatic imine (C=N–C) groups is 1. The molecule has 2 amide bonds. The van der Waals surface area contributed by atoms with Gasteiger partial charge < -0.3 is 5.32 Å². The number of carbonyl (C=O) groups is 2. The second-order valence-electron chi connectivity index (χ2n) is 7.82. The monoisotopic (exact) mass is 427 g/mol. The van der Waals surface area contributed by atoms with Crippen LogP contribution in [0.4, 0.5) is 15.8 Å². The van der Waals surface area contributed by atoms with Crippen LogP contribution in [0.3, 0.4) is 0 Å². The molecule has 1 atom stereocenters. The number of benzene rings is 2. The highest BCUT2D eigenvalue weighted by molar-refractivity contribution is 8.15. The predicted octanol–water partition coefficient (Wildman–Crippen LogP) is 5.06. The predicted molar refractivity (Wildman–Crippen MR) is 121 cm³/mol. The standard InChI is InChI=1S/C23H26FN3O2S/c1-14(2)13-27-22(29)19(12-20(28)25-18-11-6-5-10-17(18)24)30-23(27)26-21-15(3)8-7-9-16(21)4/h5-11,14,19H,12-13H2,1-4H3,(H,25,28)/t19-/m0/s1. The summed E-state index contributed by atoms with van der Waals surface area (Å²) in [5, 5.41) is 2.58. The molecule has 30 heavy (non-hydrogen) atoms. The van der Waals surface area contributed by atoms with Gasteiger partial charge in [0.15, 0.2) is 5.17 Å². The van der Waals surface area contributed by atoms with Crippen molar-refractivity contribution in [3.8, 4) is 0 Å². The summed E-state index contributed by atoms with van der Waals surface area (Å²) in [4.78, 5) is 32.0. The van der Waals surface area contributed by atoms with Crippen molar-refractivity contribution in [2.45, 2.75) is 39.4 Å². The Labute approximate surface area is 180 Å². The maximum Gasteiger partial charge on any atom is 0.242 e. The van der Waals surface area contributed by atoms with E-state index in [0.29, 0.717) is 11.7 Å². The van der Waals surface area contributed by atoms with Gasteiger partial charge in [-0.1, -0.05) is 55.9 Å². The third-order valence-electron chi connectivity index (χ3n) is 4.73. The van der Waals surface area contributed by atoms with E-state index in [1.807, 2.05) is 45.9 Å². The van der Waals surface area contributed by atoms with Gasteiger partial charge in [0.05, 0.1) is 11.4 Å². The Balaban J connectivity index is 1.82. The van der Waals surface area contributed by atoms with Gasteiger partial charge in [-0.05, 0) is 43.0 Å². The number of nitrogens with zero attached hydrogens (tertiary/aromatic N) is 2. The summed E-state index contributed by atoms with van der Waals surface area (Å²) in [7, 11) is 0. The molecule has 2 aromatic rings. The zero-order chi connectivity index (χ0) is 21.8. The molecule has 1 saturated heterocycles. The summed E-state index contributed by atoms with van der Waals surface area (Å²) in [5.74, 6) is -0.787. The molecule has 0 aromatic heterocycles. The van der Waals surface area contributed by atoms with Gasteiger partial charge in [-0.2, -0.15) is 0 Å². The number of amides is 2. The van der Waals surface area contributed by atoms with Gasteiger partial charge in [0.1, 0.15) is 11.1 Å². The van der Waals surface area contributed by atoms with E-state index in [9.17, 15) is 14.0 Å². The number of aryl methyl sites for hydroxylation is 2. The summed E-state index contributed by atoms with van der Waals surface area (Å²) < 4.78 is 13.8. The molecule has 1 aliphatic rings. The normalized spacial score (nSPS) is 17.8. The molecule has 0 spiro atoms. The number of halogens is 1. The van der Waals surface area contributed by atoms with Crippen LogP contribution in [-0.2, 0) is 9.59 Å². The van der Waals surface area contributed by atoms with Gasteiger partial charge in [-0.3, -0.25) is 14.5 Å². The molecule has 1 aliphatic heterocycles. The minimum Gasteiger partial charge on any atom is -0.324 e. The summed E-state index contributed by atoms with van der Waals surface area (Å²) in [5.41, 5.74) is 3.01. The van der Waals surface area contributed by atoms with Gasteiger partial charge >= 0.3 is 0 Å². The molecule has 2 aromatic carbocycles. The Morgan fingerprint density at radius 2 is 1.83 bits per heavy atom. The Morgan fingerprint density at radius 3 is 2.47 bits per heavy atom. The zero-order valence-electron chi connectivity index (χ0n) is 17.6. The Hall–Kier alpha value is -2.67. The number of hydrogen-bond acceptors (Lipinski definition) is 4. The fourth-order valence-corrected chi connectivity index (χ4v) is 4.42. The summed E-state index contributed by atoms with van der Waals surface area (Å²) in [6.07, 6.45) is -0.0434. The van der Waals surface area contributed by atoms with E-state index < -0.39 is 17.0 Å².